The van der Waals surface area contributed by atoms with Crippen molar-refractivity contribution in [3.8, 4) is 0 Å². The molecule has 1 aliphatic rings. The van der Waals surface area contributed by atoms with Crippen LogP contribution >= 0.6 is 0 Å². The summed E-state index contributed by atoms with van der Waals surface area (Å²) in [5, 5.41) is 9.39. The lowest BCUT2D eigenvalue weighted by molar-refractivity contribution is -0.936. The maximum absolute atomic E-state index is 9.39. The fourth-order valence-corrected chi connectivity index (χ4v) is 4.79. The van der Waals surface area contributed by atoms with E-state index >= 15 is 0 Å². The highest BCUT2D eigenvalue weighted by atomic mass is 16.3. The largest absolute Gasteiger partial charge is 0.391 e. The Kier molecular flexibility index (Phi) is 16.5. The topological polar surface area (TPSA) is 32.6 Å². The standard InChI is InChI=1S/C26H51N2O/c1-3-5-6-7-8-9-10-11-12-13-14-15-16-17-18-19-20-21-26-27-22-23-28(26,4-2)24-25-29/h3,22,26,29H,1,4-21,23-25H2,2H3/q+1. The van der Waals surface area contributed by atoms with Crippen LogP contribution in [0.4, 0.5) is 0 Å². The van der Waals surface area contributed by atoms with E-state index in [1.165, 1.54) is 109 Å². The zero-order valence-electron chi connectivity index (χ0n) is 19.6. The molecule has 0 amide bonds. The van der Waals surface area contributed by atoms with Crippen molar-refractivity contribution < 1.29 is 9.59 Å². The third kappa shape index (κ3) is 11.9. The summed E-state index contributed by atoms with van der Waals surface area (Å²) in [6, 6.07) is 0. The molecule has 0 aromatic carbocycles. The lowest BCUT2D eigenvalue weighted by Gasteiger charge is -2.37. The second-order valence-corrected chi connectivity index (χ2v) is 9.15. The average Bonchev–Trinajstić information content (AvgIpc) is 3.13. The van der Waals surface area contributed by atoms with Gasteiger partial charge in [-0.05, 0) is 26.2 Å². The van der Waals surface area contributed by atoms with Crippen molar-refractivity contribution in [2.45, 2.75) is 122 Å². The summed E-state index contributed by atoms with van der Waals surface area (Å²) >= 11 is 0. The minimum absolute atomic E-state index is 0.282. The van der Waals surface area contributed by atoms with Crippen LogP contribution in [-0.4, -0.2) is 48.2 Å². The van der Waals surface area contributed by atoms with E-state index in [2.05, 4.69) is 19.7 Å². The molecule has 0 aliphatic carbocycles. The first-order chi connectivity index (χ1) is 14.3. The lowest BCUT2D eigenvalue weighted by atomic mass is 10.0. The molecule has 0 spiro atoms. The van der Waals surface area contributed by atoms with E-state index in [9.17, 15) is 5.11 Å². The van der Waals surface area contributed by atoms with Gasteiger partial charge in [0, 0.05) is 6.42 Å². The highest BCUT2D eigenvalue weighted by molar-refractivity contribution is 5.60. The quantitative estimate of drug-likeness (QED) is 0.123. The van der Waals surface area contributed by atoms with Gasteiger partial charge in [0.2, 0.25) is 0 Å². The number of quaternary nitrogens is 1. The van der Waals surface area contributed by atoms with Gasteiger partial charge in [0.25, 0.3) is 0 Å². The van der Waals surface area contributed by atoms with Crippen LogP contribution in [0.1, 0.15) is 116 Å². The molecule has 1 rings (SSSR count). The minimum Gasteiger partial charge on any atom is -0.391 e. The first-order valence-electron chi connectivity index (χ1n) is 12.9. The fraction of sp³-hybridized carbons (Fsp3) is 0.885. The van der Waals surface area contributed by atoms with Crippen LogP contribution in [0, 0.1) is 0 Å². The molecule has 2 unspecified atom stereocenters. The Hall–Kier alpha value is -0.670. The molecule has 1 aliphatic heterocycles. The maximum atomic E-state index is 9.39. The molecule has 0 saturated heterocycles. The van der Waals surface area contributed by atoms with Crippen LogP contribution < -0.4 is 0 Å². The molecular weight excluding hydrogens is 356 g/mol. The van der Waals surface area contributed by atoms with Gasteiger partial charge >= 0.3 is 0 Å². The molecule has 1 N–H and O–H groups in total. The van der Waals surface area contributed by atoms with E-state index in [0.29, 0.717) is 6.17 Å². The molecule has 2 atom stereocenters. The van der Waals surface area contributed by atoms with Gasteiger partial charge in [-0.1, -0.05) is 89.5 Å². The average molecular weight is 408 g/mol. The highest BCUT2D eigenvalue weighted by Crippen LogP contribution is 2.24. The van der Waals surface area contributed by atoms with Crippen molar-refractivity contribution in [1.29, 1.82) is 0 Å². The number of aliphatic hydroxyl groups is 1. The third-order valence-electron chi connectivity index (χ3n) is 6.90. The Bertz CT molecular complexity index is 410. The van der Waals surface area contributed by atoms with Crippen molar-refractivity contribution in [2.24, 2.45) is 4.99 Å². The Labute approximate surface area is 182 Å². The van der Waals surface area contributed by atoms with Crippen molar-refractivity contribution in [3.63, 3.8) is 0 Å². The SMILES string of the molecule is C=CCCCCCCCCCCCCCCCCCC1N=CC[N+]1(CC)CCO. The monoisotopic (exact) mass is 407 g/mol. The summed E-state index contributed by atoms with van der Waals surface area (Å²) in [6.07, 6.45) is 28.0. The number of unbranched alkanes of at least 4 members (excludes halogenated alkanes) is 15. The minimum atomic E-state index is 0.282. The van der Waals surface area contributed by atoms with E-state index in [0.717, 1.165) is 24.1 Å². The molecular formula is C26H51N2O+. The zero-order chi connectivity index (χ0) is 21.0. The Morgan fingerprint density at radius 2 is 1.34 bits per heavy atom. The van der Waals surface area contributed by atoms with E-state index < -0.39 is 0 Å². The van der Waals surface area contributed by atoms with Crippen molar-refractivity contribution in [3.05, 3.63) is 12.7 Å². The number of hydrogen-bond acceptors (Lipinski definition) is 2. The normalized spacial score (nSPS) is 21.1. The zero-order valence-corrected chi connectivity index (χ0v) is 19.6. The van der Waals surface area contributed by atoms with Gasteiger partial charge in [0.1, 0.15) is 13.1 Å². The van der Waals surface area contributed by atoms with Gasteiger partial charge in [-0.3, -0.25) is 4.48 Å². The van der Waals surface area contributed by atoms with Gasteiger partial charge in [-0.25, -0.2) is 4.99 Å². The molecule has 3 heteroatoms. The second-order valence-electron chi connectivity index (χ2n) is 9.15. The number of aliphatic hydroxyl groups excluding tert-OH is 1. The Balaban J connectivity index is 1.83. The van der Waals surface area contributed by atoms with Gasteiger partial charge in [0.05, 0.1) is 19.4 Å². The summed E-state index contributed by atoms with van der Waals surface area (Å²) in [6.45, 7) is 9.26. The first-order valence-corrected chi connectivity index (χ1v) is 12.9. The Morgan fingerprint density at radius 3 is 1.79 bits per heavy atom. The van der Waals surface area contributed by atoms with Gasteiger partial charge in [-0.15, -0.1) is 6.58 Å². The van der Waals surface area contributed by atoms with E-state index in [1.807, 2.05) is 6.08 Å². The van der Waals surface area contributed by atoms with E-state index in [1.54, 1.807) is 0 Å². The predicted octanol–water partition coefficient (Wildman–Crippen LogP) is 7.04. The van der Waals surface area contributed by atoms with Crippen LogP contribution in [-0.2, 0) is 0 Å². The predicted molar refractivity (Wildman–Crippen MR) is 129 cm³/mol. The lowest BCUT2D eigenvalue weighted by Crippen LogP contribution is -2.53. The van der Waals surface area contributed by atoms with Gasteiger partial charge in [0.15, 0.2) is 6.17 Å². The number of hydrogen-bond donors (Lipinski definition) is 1. The van der Waals surface area contributed by atoms with Crippen LogP contribution in [0.25, 0.3) is 0 Å². The number of nitrogens with zero attached hydrogens (tertiary/aromatic N) is 2. The Morgan fingerprint density at radius 1 is 0.862 bits per heavy atom. The van der Waals surface area contributed by atoms with E-state index in [-0.39, 0.29) is 6.61 Å². The number of rotatable bonds is 21. The maximum Gasteiger partial charge on any atom is 0.182 e. The van der Waals surface area contributed by atoms with Crippen molar-refractivity contribution in [1.82, 2.24) is 0 Å². The molecule has 0 aromatic heterocycles. The molecule has 0 fully saturated rings. The van der Waals surface area contributed by atoms with Crippen molar-refractivity contribution in [2.75, 3.05) is 26.2 Å². The first kappa shape index (κ1) is 26.4. The van der Waals surface area contributed by atoms with Gasteiger partial charge in [-0.2, -0.15) is 0 Å². The molecule has 0 saturated carbocycles. The van der Waals surface area contributed by atoms with Crippen LogP contribution in [0.15, 0.2) is 17.6 Å². The molecule has 1 heterocycles. The number of aliphatic imine (C=N–C) groups is 1. The smallest absolute Gasteiger partial charge is 0.182 e. The molecule has 0 radical (unpaired) electrons. The fourth-order valence-electron chi connectivity index (χ4n) is 4.79. The summed E-state index contributed by atoms with van der Waals surface area (Å²) in [5.74, 6) is 0. The van der Waals surface area contributed by atoms with E-state index in [4.69, 9.17) is 4.99 Å². The molecule has 170 valence electrons. The number of likely N-dealkylation sites (N-methyl/N-ethyl adjacent to an activating group) is 1. The van der Waals surface area contributed by atoms with Crippen LogP contribution in [0.2, 0.25) is 0 Å². The summed E-state index contributed by atoms with van der Waals surface area (Å²) < 4.78 is 0.978. The molecule has 0 bridgehead atoms. The van der Waals surface area contributed by atoms with Crippen LogP contribution in [0.5, 0.6) is 0 Å². The van der Waals surface area contributed by atoms with Gasteiger partial charge < -0.3 is 5.11 Å². The third-order valence-corrected chi connectivity index (χ3v) is 6.90. The molecule has 3 nitrogen and oxygen atoms in total. The molecule has 0 aromatic rings. The molecule has 29 heavy (non-hydrogen) atoms. The summed E-state index contributed by atoms with van der Waals surface area (Å²) in [4.78, 5) is 4.72. The number of allylic oxidation sites excluding steroid dienone is 1. The second kappa shape index (κ2) is 18.1. The summed E-state index contributed by atoms with van der Waals surface area (Å²) in [5.41, 5.74) is 0. The van der Waals surface area contributed by atoms with Crippen LogP contribution in [0.3, 0.4) is 0 Å². The highest BCUT2D eigenvalue weighted by Gasteiger charge is 2.36. The van der Waals surface area contributed by atoms with Crippen molar-refractivity contribution >= 4 is 6.21 Å². The summed E-state index contributed by atoms with van der Waals surface area (Å²) in [7, 11) is 0.